The summed E-state index contributed by atoms with van der Waals surface area (Å²) in [6.45, 7) is 20.4. The van der Waals surface area contributed by atoms with Crippen LogP contribution >= 0.6 is 0 Å². The fourth-order valence-electron chi connectivity index (χ4n) is 5.34. The second-order valence-corrected chi connectivity index (χ2v) is 18.2. The molecule has 0 amide bonds. The number of cyclic esters (lactones) is 1. The Labute approximate surface area is 204 Å². The van der Waals surface area contributed by atoms with Gasteiger partial charge < -0.3 is 0 Å². The molecule has 1 aromatic carbocycles. The first kappa shape index (κ1) is 27.0. The van der Waals surface area contributed by atoms with Crippen LogP contribution in [0.5, 0.6) is 0 Å². The third kappa shape index (κ3) is 6.63. The van der Waals surface area contributed by atoms with E-state index in [2.05, 4.69) is 96.8 Å². The zero-order valence-electron chi connectivity index (χ0n) is 21.1. The molecule has 0 unspecified atom stereocenters. The summed E-state index contributed by atoms with van der Waals surface area (Å²) >= 11 is 0.485. The van der Waals surface area contributed by atoms with E-state index in [-0.39, 0.29) is 23.9 Å². The van der Waals surface area contributed by atoms with Crippen molar-refractivity contribution in [3.8, 4) is 11.5 Å². The molecule has 3 atom stereocenters. The summed E-state index contributed by atoms with van der Waals surface area (Å²) in [6, 6.07) is 10.7. The fraction of sp³-hybridized carbons (Fsp3) is 0.607. The van der Waals surface area contributed by atoms with Gasteiger partial charge in [-0.15, -0.1) is 0 Å². The molecule has 1 saturated heterocycles. The molecule has 1 fully saturated rings. The van der Waals surface area contributed by atoms with Gasteiger partial charge in [0.25, 0.3) is 0 Å². The summed E-state index contributed by atoms with van der Waals surface area (Å²) in [7, 11) is -1.73. The van der Waals surface area contributed by atoms with E-state index >= 15 is 0 Å². The minimum absolute atomic E-state index is 0.0725. The molecule has 1 aliphatic heterocycles. The van der Waals surface area contributed by atoms with Crippen molar-refractivity contribution in [2.45, 2.75) is 95.8 Å². The number of rotatable bonds is 10. The number of carbonyl (C=O) groups excluding carboxylic acids is 1. The Morgan fingerprint density at radius 1 is 1.03 bits per heavy atom. The zero-order valence-corrected chi connectivity index (χ0v) is 23.8. The van der Waals surface area contributed by atoms with Gasteiger partial charge in [-0.1, -0.05) is 0 Å². The van der Waals surface area contributed by atoms with E-state index in [1.54, 1.807) is 0 Å². The summed E-state index contributed by atoms with van der Waals surface area (Å²) in [5, 5.41) is 1.18. The van der Waals surface area contributed by atoms with Crippen LogP contribution in [0.2, 0.25) is 21.9 Å². The molecule has 1 aromatic rings. The van der Waals surface area contributed by atoms with Gasteiger partial charge in [0, 0.05) is 0 Å². The van der Waals surface area contributed by atoms with Gasteiger partial charge in [-0.2, -0.15) is 0 Å². The Bertz CT molecular complexity index is 797. The summed E-state index contributed by atoms with van der Waals surface area (Å²) in [5.41, 5.74) is 6.40. The van der Waals surface area contributed by atoms with Crippen LogP contribution in [0.3, 0.4) is 0 Å². The van der Waals surface area contributed by atoms with E-state index < -0.39 is 8.07 Å². The van der Waals surface area contributed by atoms with Crippen molar-refractivity contribution in [2.24, 2.45) is 11.8 Å². The average Bonchev–Trinajstić information content (AvgIpc) is 2.98. The van der Waals surface area contributed by atoms with E-state index in [4.69, 9.17) is 4.74 Å². The molecule has 0 bridgehead atoms. The van der Waals surface area contributed by atoms with Crippen molar-refractivity contribution < 1.29 is 9.53 Å². The number of hydrogen-bond donors (Lipinski definition) is 0. The maximum absolute atomic E-state index is 12.3. The second kappa shape index (κ2) is 12.3. The van der Waals surface area contributed by atoms with Crippen LogP contribution in [0, 0.1) is 23.3 Å². The molecule has 0 spiro atoms. The monoisotopic (exact) mass is 518 g/mol. The standard InChI is InChI=1S/C28H42O2SeSi/c1-20(2)32(21(3)4,22(5)6)18-16-23(7)19-27-26(24(8)28(29)30-27)15-12-17-31-25-13-10-9-11-14-25/h9-11,13-14,20-23,26-27H,8,12,15,17,19H2,1-7H3/t23-,26-,27-/m1/s1. The Hall–Kier alpha value is -1.27. The van der Waals surface area contributed by atoms with E-state index in [1.165, 1.54) is 9.78 Å². The fourth-order valence-corrected chi connectivity index (χ4v) is 12.6. The molecule has 2 rings (SSSR count). The second-order valence-electron chi connectivity index (χ2n) is 10.2. The van der Waals surface area contributed by atoms with Crippen molar-refractivity contribution in [1.82, 2.24) is 0 Å². The first-order chi connectivity index (χ1) is 15.1. The van der Waals surface area contributed by atoms with Gasteiger partial charge in [0.05, 0.1) is 0 Å². The van der Waals surface area contributed by atoms with Gasteiger partial charge in [0.15, 0.2) is 0 Å². The van der Waals surface area contributed by atoms with Crippen LogP contribution in [0.25, 0.3) is 0 Å². The number of ether oxygens (including phenoxy) is 1. The Kier molecular flexibility index (Phi) is 10.3. The van der Waals surface area contributed by atoms with Gasteiger partial charge in [-0.25, -0.2) is 0 Å². The molecule has 2 nitrogen and oxygen atoms in total. The van der Waals surface area contributed by atoms with Crippen molar-refractivity contribution in [2.75, 3.05) is 0 Å². The molecule has 1 aliphatic rings. The van der Waals surface area contributed by atoms with Crippen LogP contribution < -0.4 is 4.46 Å². The molecule has 0 saturated carbocycles. The molecule has 1 heterocycles. The van der Waals surface area contributed by atoms with Gasteiger partial charge in [0.2, 0.25) is 0 Å². The minimum atomic E-state index is -1.73. The van der Waals surface area contributed by atoms with Crippen molar-refractivity contribution in [3.05, 3.63) is 42.5 Å². The first-order valence-electron chi connectivity index (χ1n) is 12.2. The number of esters is 1. The normalized spacial score (nSPS) is 19.9. The molecular formula is C28H42O2SeSi. The number of carbonyl (C=O) groups is 1. The van der Waals surface area contributed by atoms with Gasteiger partial charge in [-0.05, 0) is 0 Å². The topological polar surface area (TPSA) is 26.3 Å². The van der Waals surface area contributed by atoms with Crippen molar-refractivity contribution in [3.63, 3.8) is 0 Å². The number of benzene rings is 1. The predicted molar refractivity (Wildman–Crippen MR) is 141 cm³/mol. The van der Waals surface area contributed by atoms with Gasteiger partial charge in [0.1, 0.15) is 0 Å². The summed E-state index contributed by atoms with van der Waals surface area (Å²) < 4.78 is 7.19. The quantitative estimate of drug-likeness (QED) is 0.116. The Morgan fingerprint density at radius 3 is 2.19 bits per heavy atom. The van der Waals surface area contributed by atoms with Gasteiger partial charge in [-0.3, -0.25) is 0 Å². The molecule has 0 radical (unpaired) electrons. The molecular weight excluding hydrogens is 475 g/mol. The van der Waals surface area contributed by atoms with E-state index in [1.807, 2.05) is 0 Å². The van der Waals surface area contributed by atoms with Crippen LogP contribution in [0.15, 0.2) is 42.5 Å². The SMILES string of the molecule is C=C1C(=O)O[C@H](C[C@H](C)C#C[Si](C(C)C)(C(C)C)C(C)C)[C@@H]1CCC[Se]c1ccccc1. The molecule has 4 heteroatoms. The van der Waals surface area contributed by atoms with Gasteiger partial charge >= 0.3 is 205 Å². The summed E-state index contributed by atoms with van der Waals surface area (Å²) in [5.74, 6) is 3.78. The summed E-state index contributed by atoms with van der Waals surface area (Å²) in [4.78, 5) is 12.3. The van der Waals surface area contributed by atoms with Crippen molar-refractivity contribution in [1.29, 1.82) is 0 Å². The molecule has 176 valence electrons. The predicted octanol–water partition coefficient (Wildman–Crippen LogP) is 6.56. The van der Waals surface area contributed by atoms with Crippen LogP contribution in [0.4, 0.5) is 0 Å². The average molecular weight is 518 g/mol. The summed E-state index contributed by atoms with van der Waals surface area (Å²) in [6.07, 6.45) is 2.82. The molecule has 0 aliphatic carbocycles. The Morgan fingerprint density at radius 2 is 1.62 bits per heavy atom. The van der Waals surface area contributed by atoms with E-state index in [9.17, 15) is 4.79 Å². The van der Waals surface area contributed by atoms with Crippen LogP contribution in [-0.2, 0) is 9.53 Å². The number of hydrogen-bond acceptors (Lipinski definition) is 2. The van der Waals surface area contributed by atoms with Crippen molar-refractivity contribution >= 4 is 33.5 Å². The molecule has 0 aromatic heterocycles. The molecule has 0 N–H and O–H groups in total. The van der Waals surface area contributed by atoms with E-state index in [0.717, 1.165) is 19.3 Å². The maximum atomic E-state index is 12.3. The van der Waals surface area contributed by atoms with Crippen LogP contribution in [0.1, 0.15) is 67.7 Å². The Balaban J connectivity index is 2.00. The third-order valence-corrected chi connectivity index (χ3v) is 15.7. The molecule has 32 heavy (non-hydrogen) atoms. The van der Waals surface area contributed by atoms with Crippen LogP contribution in [-0.4, -0.2) is 35.1 Å². The van der Waals surface area contributed by atoms with E-state index in [0.29, 0.717) is 37.2 Å². The zero-order chi connectivity index (χ0) is 23.9. The first-order valence-corrected chi connectivity index (χ1v) is 16.5. The third-order valence-electron chi connectivity index (χ3n) is 7.08.